The van der Waals surface area contributed by atoms with Gasteiger partial charge in [0.25, 0.3) is 0 Å². The first-order valence-electron chi connectivity index (χ1n) is 6.70. The van der Waals surface area contributed by atoms with Gasteiger partial charge in [0.2, 0.25) is 0 Å². The van der Waals surface area contributed by atoms with E-state index in [0.717, 1.165) is 6.04 Å². The van der Waals surface area contributed by atoms with E-state index >= 15 is 0 Å². The fraction of sp³-hybridized carbons (Fsp3) is 0.600. The normalized spacial score (nSPS) is 24.6. The summed E-state index contributed by atoms with van der Waals surface area (Å²) in [7, 11) is 2.07. The van der Waals surface area contributed by atoms with Crippen molar-refractivity contribution in [1.29, 1.82) is 0 Å². The molecule has 2 nitrogen and oxygen atoms in total. The molecule has 0 unspecified atom stereocenters. The Labute approximate surface area is 105 Å². The van der Waals surface area contributed by atoms with Crippen LogP contribution in [0.4, 0.5) is 5.69 Å². The molecular formula is C15H24N2. The van der Waals surface area contributed by atoms with Crippen LogP contribution in [0.1, 0.15) is 36.8 Å². The van der Waals surface area contributed by atoms with Crippen LogP contribution in [0, 0.1) is 13.8 Å². The molecule has 0 radical (unpaired) electrons. The topological polar surface area (TPSA) is 24.1 Å². The average molecular weight is 232 g/mol. The Morgan fingerprint density at radius 2 is 1.47 bits per heavy atom. The minimum Gasteiger partial charge on any atom is -0.382 e. The monoisotopic (exact) mass is 232 g/mol. The average Bonchev–Trinajstić information content (AvgIpc) is 2.35. The van der Waals surface area contributed by atoms with E-state index in [-0.39, 0.29) is 0 Å². The molecule has 1 fully saturated rings. The maximum Gasteiger partial charge on any atom is 0.0401 e. The highest BCUT2D eigenvalue weighted by Gasteiger charge is 2.20. The van der Waals surface area contributed by atoms with Crippen LogP contribution in [0.5, 0.6) is 0 Å². The number of benzene rings is 1. The zero-order valence-corrected chi connectivity index (χ0v) is 11.2. The van der Waals surface area contributed by atoms with Gasteiger partial charge in [0.1, 0.15) is 0 Å². The summed E-state index contributed by atoms with van der Waals surface area (Å²) >= 11 is 0. The highest BCUT2D eigenvalue weighted by Crippen LogP contribution is 2.26. The van der Waals surface area contributed by atoms with Gasteiger partial charge in [0, 0.05) is 17.8 Å². The molecule has 0 bridgehead atoms. The molecular weight excluding hydrogens is 208 g/mol. The molecule has 2 rings (SSSR count). The third-order valence-corrected chi connectivity index (χ3v) is 3.97. The van der Waals surface area contributed by atoms with Crippen molar-refractivity contribution in [3.63, 3.8) is 0 Å². The van der Waals surface area contributed by atoms with Gasteiger partial charge in [-0.1, -0.05) is 18.2 Å². The molecule has 2 N–H and O–H groups in total. The number of anilines is 1. The SMILES string of the molecule is CNC1CCC(Nc2c(C)cccc2C)CC1. The smallest absolute Gasteiger partial charge is 0.0401 e. The molecule has 0 heterocycles. The molecule has 17 heavy (non-hydrogen) atoms. The number of aryl methyl sites for hydroxylation is 2. The summed E-state index contributed by atoms with van der Waals surface area (Å²) in [5.74, 6) is 0. The Hall–Kier alpha value is -1.02. The van der Waals surface area contributed by atoms with Gasteiger partial charge < -0.3 is 10.6 Å². The Balaban J connectivity index is 1.98. The summed E-state index contributed by atoms with van der Waals surface area (Å²) < 4.78 is 0. The molecule has 0 aromatic heterocycles. The van der Waals surface area contributed by atoms with E-state index in [4.69, 9.17) is 0 Å². The van der Waals surface area contributed by atoms with Crippen LogP contribution in [0.3, 0.4) is 0 Å². The van der Waals surface area contributed by atoms with E-state index in [0.29, 0.717) is 6.04 Å². The van der Waals surface area contributed by atoms with E-state index in [1.807, 2.05) is 0 Å². The largest absolute Gasteiger partial charge is 0.382 e. The Kier molecular flexibility index (Phi) is 4.06. The summed E-state index contributed by atoms with van der Waals surface area (Å²) in [5, 5.41) is 7.12. The van der Waals surface area contributed by atoms with E-state index in [1.165, 1.54) is 42.5 Å². The molecule has 0 aliphatic heterocycles. The zero-order valence-electron chi connectivity index (χ0n) is 11.2. The van der Waals surface area contributed by atoms with Crippen molar-refractivity contribution in [3.05, 3.63) is 29.3 Å². The fourth-order valence-corrected chi connectivity index (χ4v) is 2.77. The van der Waals surface area contributed by atoms with Crippen molar-refractivity contribution in [3.8, 4) is 0 Å². The third kappa shape index (κ3) is 3.01. The van der Waals surface area contributed by atoms with Crippen molar-refractivity contribution in [1.82, 2.24) is 5.32 Å². The first kappa shape index (κ1) is 12.4. The number of para-hydroxylation sites is 1. The second-order valence-corrected chi connectivity index (χ2v) is 5.25. The van der Waals surface area contributed by atoms with E-state index < -0.39 is 0 Å². The first-order valence-corrected chi connectivity index (χ1v) is 6.70. The minimum atomic E-state index is 0.652. The Morgan fingerprint density at radius 3 is 2.00 bits per heavy atom. The maximum absolute atomic E-state index is 3.73. The molecule has 1 aromatic carbocycles. The van der Waals surface area contributed by atoms with Crippen LogP contribution >= 0.6 is 0 Å². The lowest BCUT2D eigenvalue weighted by Gasteiger charge is -2.30. The van der Waals surface area contributed by atoms with Gasteiger partial charge >= 0.3 is 0 Å². The highest BCUT2D eigenvalue weighted by molar-refractivity contribution is 5.57. The Morgan fingerprint density at radius 1 is 0.941 bits per heavy atom. The highest BCUT2D eigenvalue weighted by atomic mass is 14.9. The second kappa shape index (κ2) is 5.54. The van der Waals surface area contributed by atoms with Crippen LogP contribution in [0.25, 0.3) is 0 Å². The molecule has 1 aromatic rings. The van der Waals surface area contributed by atoms with Crippen LogP contribution in [0.2, 0.25) is 0 Å². The zero-order chi connectivity index (χ0) is 12.3. The molecule has 2 heteroatoms. The van der Waals surface area contributed by atoms with Gasteiger partial charge in [-0.15, -0.1) is 0 Å². The van der Waals surface area contributed by atoms with Gasteiger partial charge in [0.05, 0.1) is 0 Å². The van der Waals surface area contributed by atoms with Gasteiger partial charge in [0.15, 0.2) is 0 Å². The van der Waals surface area contributed by atoms with Crippen molar-refractivity contribution < 1.29 is 0 Å². The first-order chi connectivity index (χ1) is 8.20. The maximum atomic E-state index is 3.73. The number of rotatable bonds is 3. The van der Waals surface area contributed by atoms with E-state index in [1.54, 1.807) is 0 Å². The molecule has 1 saturated carbocycles. The quantitative estimate of drug-likeness (QED) is 0.836. The van der Waals surface area contributed by atoms with Gasteiger partial charge in [-0.2, -0.15) is 0 Å². The summed E-state index contributed by atoms with van der Waals surface area (Å²) in [6.07, 6.45) is 5.14. The van der Waals surface area contributed by atoms with Gasteiger partial charge in [-0.05, 0) is 57.7 Å². The van der Waals surface area contributed by atoms with Crippen LogP contribution in [0.15, 0.2) is 18.2 Å². The van der Waals surface area contributed by atoms with Crippen LogP contribution < -0.4 is 10.6 Å². The molecule has 1 aliphatic carbocycles. The molecule has 0 atom stereocenters. The molecule has 94 valence electrons. The molecule has 0 spiro atoms. The predicted octanol–water partition coefficient (Wildman–Crippen LogP) is 3.25. The number of hydrogen-bond donors (Lipinski definition) is 2. The lowest BCUT2D eigenvalue weighted by molar-refractivity contribution is 0.371. The van der Waals surface area contributed by atoms with Crippen molar-refractivity contribution in [2.24, 2.45) is 0 Å². The van der Waals surface area contributed by atoms with Gasteiger partial charge in [-0.25, -0.2) is 0 Å². The standard InChI is InChI=1S/C15H24N2/c1-11-5-4-6-12(2)15(11)17-14-9-7-13(16-3)8-10-14/h4-6,13-14,16-17H,7-10H2,1-3H3. The number of hydrogen-bond acceptors (Lipinski definition) is 2. The molecule has 0 saturated heterocycles. The molecule has 0 amide bonds. The van der Waals surface area contributed by atoms with Crippen LogP contribution in [-0.2, 0) is 0 Å². The minimum absolute atomic E-state index is 0.652. The summed E-state index contributed by atoms with van der Waals surface area (Å²) in [5.41, 5.74) is 4.07. The number of nitrogens with one attached hydrogen (secondary N) is 2. The lowest BCUT2D eigenvalue weighted by Crippen LogP contribution is -2.35. The third-order valence-electron chi connectivity index (χ3n) is 3.97. The van der Waals surface area contributed by atoms with E-state index in [9.17, 15) is 0 Å². The van der Waals surface area contributed by atoms with Crippen LogP contribution in [-0.4, -0.2) is 19.1 Å². The summed E-state index contributed by atoms with van der Waals surface area (Å²) in [4.78, 5) is 0. The predicted molar refractivity (Wildman–Crippen MR) is 74.6 cm³/mol. The lowest BCUT2D eigenvalue weighted by atomic mass is 9.91. The fourth-order valence-electron chi connectivity index (χ4n) is 2.77. The summed E-state index contributed by atoms with van der Waals surface area (Å²) in [6, 6.07) is 7.89. The summed E-state index contributed by atoms with van der Waals surface area (Å²) in [6.45, 7) is 4.38. The second-order valence-electron chi connectivity index (χ2n) is 5.25. The van der Waals surface area contributed by atoms with Crippen molar-refractivity contribution in [2.45, 2.75) is 51.6 Å². The van der Waals surface area contributed by atoms with Gasteiger partial charge in [-0.3, -0.25) is 0 Å². The van der Waals surface area contributed by atoms with E-state index in [2.05, 4.69) is 49.7 Å². The van der Waals surface area contributed by atoms with Crippen molar-refractivity contribution >= 4 is 5.69 Å². The molecule has 1 aliphatic rings. The Bertz CT molecular complexity index is 345. The van der Waals surface area contributed by atoms with Crippen molar-refractivity contribution in [2.75, 3.05) is 12.4 Å².